The highest BCUT2D eigenvalue weighted by atomic mass is 32.1. The Labute approximate surface area is 337 Å². The summed E-state index contributed by atoms with van der Waals surface area (Å²) in [6.07, 6.45) is -2.20. The standard InChI is InChI=1S/C23H22F6O2.C17H24F3N3O2.CH4S/c1-5-31-19(30)9-8-18(24)22(26)17(11-13(3)23(27,28)29)20-12(2)10-16(15-6-7-15)21(25)14(20)4;1-11(2)8-14(16(21)25)23-10-12(4-7-22-5-3-6-22)13(9-15(23)24)17(18,19)20;1-2/h8-11,15H,3,5-7H2,1-2,4H3;9-11,14H,3-8H2,1-2H3,(H2,21,25);2H,1H3/b9-8-,17-11-,22-18+;;. The van der Waals surface area contributed by atoms with Gasteiger partial charge in [-0.15, -0.1) is 0 Å². The van der Waals surface area contributed by atoms with E-state index >= 15 is 0 Å². The minimum atomic E-state index is -4.91. The number of carbonyl (C=O) groups excluding carboxylic acids is 2. The van der Waals surface area contributed by atoms with E-state index in [0.29, 0.717) is 48.4 Å². The third-order valence-corrected chi connectivity index (χ3v) is 9.27. The molecule has 1 amide bonds. The number of hydrogen-bond donors (Lipinski definition) is 2. The molecule has 2 N–H and O–H groups in total. The Morgan fingerprint density at radius 1 is 1.05 bits per heavy atom. The number of nitrogens with zero attached hydrogens (tertiary/aromatic N) is 2. The van der Waals surface area contributed by atoms with Crippen molar-refractivity contribution in [2.45, 2.75) is 91.0 Å². The van der Waals surface area contributed by atoms with Crippen molar-refractivity contribution in [3.63, 3.8) is 0 Å². The summed E-state index contributed by atoms with van der Waals surface area (Å²) in [5, 5.41) is 0. The number of amides is 1. The minimum Gasteiger partial charge on any atom is -0.463 e. The molecule has 0 bridgehead atoms. The highest BCUT2D eigenvalue weighted by molar-refractivity contribution is 7.79. The molecular formula is C41H50F9N3O4S. The van der Waals surface area contributed by atoms with Crippen molar-refractivity contribution >= 4 is 30.1 Å². The van der Waals surface area contributed by atoms with Crippen molar-refractivity contribution in [3.05, 3.63) is 110 Å². The Bertz CT molecular complexity index is 1940. The predicted molar refractivity (Wildman–Crippen MR) is 209 cm³/mol. The molecule has 2 fully saturated rings. The summed E-state index contributed by atoms with van der Waals surface area (Å²) in [5.74, 6) is -5.56. The summed E-state index contributed by atoms with van der Waals surface area (Å²) in [4.78, 5) is 37.3. The molecule has 2 aromatic rings. The van der Waals surface area contributed by atoms with Gasteiger partial charge in [0.25, 0.3) is 5.56 Å². The van der Waals surface area contributed by atoms with Crippen LogP contribution in [-0.2, 0) is 26.9 Å². The van der Waals surface area contributed by atoms with Gasteiger partial charge >= 0.3 is 18.3 Å². The van der Waals surface area contributed by atoms with Gasteiger partial charge in [-0.25, -0.2) is 18.0 Å². The van der Waals surface area contributed by atoms with Gasteiger partial charge in [-0.3, -0.25) is 9.59 Å². The van der Waals surface area contributed by atoms with Crippen molar-refractivity contribution in [3.8, 4) is 0 Å². The van der Waals surface area contributed by atoms with E-state index in [-0.39, 0.29) is 41.6 Å². The molecule has 1 atom stereocenters. The average Bonchev–Trinajstić information content (AvgIpc) is 3.96. The van der Waals surface area contributed by atoms with Gasteiger partial charge in [-0.1, -0.05) is 26.5 Å². The number of alkyl halides is 6. The van der Waals surface area contributed by atoms with Gasteiger partial charge < -0.3 is 19.9 Å². The van der Waals surface area contributed by atoms with Crippen LogP contribution in [0.3, 0.4) is 0 Å². The van der Waals surface area contributed by atoms with Crippen LogP contribution < -0.4 is 11.3 Å². The molecule has 2 heterocycles. The summed E-state index contributed by atoms with van der Waals surface area (Å²) < 4.78 is 129. The van der Waals surface area contributed by atoms with Crippen LogP contribution in [-0.4, -0.2) is 60.0 Å². The van der Waals surface area contributed by atoms with Gasteiger partial charge in [0.2, 0.25) is 5.91 Å². The number of ether oxygens (including phenoxy) is 1. The molecule has 1 aliphatic heterocycles. The second-order valence-corrected chi connectivity index (χ2v) is 14.1. The van der Waals surface area contributed by atoms with E-state index in [2.05, 4.69) is 28.8 Å². The molecule has 4 rings (SSSR count). The molecule has 0 spiro atoms. The Balaban J connectivity index is 0.000000392. The van der Waals surface area contributed by atoms with E-state index in [1.807, 2.05) is 13.8 Å². The first kappa shape index (κ1) is 49.9. The van der Waals surface area contributed by atoms with Crippen LogP contribution >= 0.6 is 12.6 Å². The Hall–Kier alpha value is -4.25. The molecule has 7 nitrogen and oxygen atoms in total. The predicted octanol–water partition coefficient (Wildman–Crippen LogP) is 9.83. The number of allylic oxidation sites excluding steroid dienone is 6. The molecule has 322 valence electrons. The maximum absolute atomic E-state index is 15.0. The number of aryl methyl sites for hydroxylation is 1. The normalized spacial score (nSPS) is 15.8. The molecule has 1 aromatic carbocycles. The summed E-state index contributed by atoms with van der Waals surface area (Å²) in [6, 6.07) is 1.08. The lowest BCUT2D eigenvalue weighted by molar-refractivity contribution is -0.138. The van der Waals surface area contributed by atoms with Crippen molar-refractivity contribution in [1.82, 2.24) is 9.47 Å². The topological polar surface area (TPSA) is 94.6 Å². The quantitative estimate of drug-likeness (QED) is 0.0650. The molecule has 17 heteroatoms. The van der Waals surface area contributed by atoms with Crippen LogP contribution in [0.2, 0.25) is 0 Å². The van der Waals surface area contributed by atoms with E-state index in [9.17, 15) is 53.9 Å². The SMILES string of the molecule is C=C(\C=C(/C(F)=C(F)/C=C\C(=O)OCC)c1c(C)cc(C2CC2)c(F)c1C)C(F)(F)F.CC(C)CC(C(N)=O)n1cc(CCN2CCC2)c(C(F)(F)F)cc1=O.CS. The third kappa shape index (κ3) is 13.9. The zero-order valence-corrected chi connectivity index (χ0v) is 34.1. The molecule has 58 heavy (non-hydrogen) atoms. The molecule has 1 aliphatic carbocycles. The van der Waals surface area contributed by atoms with Crippen molar-refractivity contribution < 1.29 is 53.8 Å². The van der Waals surface area contributed by atoms with Gasteiger partial charge in [-0.2, -0.15) is 39.0 Å². The number of hydrogen-bond acceptors (Lipinski definition) is 6. The highest BCUT2D eigenvalue weighted by Gasteiger charge is 2.36. The number of esters is 1. The first-order valence-corrected chi connectivity index (χ1v) is 19.3. The summed E-state index contributed by atoms with van der Waals surface area (Å²) >= 11 is 3.53. The molecule has 1 saturated carbocycles. The summed E-state index contributed by atoms with van der Waals surface area (Å²) in [7, 11) is 0. The van der Waals surface area contributed by atoms with Gasteiger partial charge in [0.05, 0.1) is 12.2 Å². The zero-order chi connectivity index (χ0) is 44.3. The summed E-state index contributed by atoms with van der Waals surface area (Å²) in [6.45, 7) is 13.1. The van der Waals surface area contributed by atoms with Crippen LogP contribution in [0.4, 0.5) is 39.5 Å². The maximum Gasteiger partial charge on any atom is 0.416 e. The van der Waals surface area contributed by atoms with Gasteiger partial charge in [0.1, 0.15) is 11.9 Å². The first-order valence-electron chi connectivity index (χ1n) is 18.4. The smallest absolute Gasteiger partial charge is 0.416 e. The van der Waals surface area contributed by atoms with Crippen molar-refractivity contribution in [1.29, 1.82) is 0 Å². The van der Waals surface area contributed by atoms with Crippen molar-refractivity contribution in [2.75, 3.05) is 32.5 Å². The second kappa shape index (κ2) is 21.7. The number of thiol groups is 1. The van der Waals surface area contributed by atoms with Crippen molar-refractivity contribution in [2.24, 2.45) is 11.7 Å². The Kier molecular flexibility index (Phi) is 18.6. The van der Waals surface area contributed by atoms with Crippen LogP contribution in [0.1, 0.15) is 91.8 Å². The van der Waals surface area contributed by atoms with E-state index in [1.165, 1.54) is 33.0 Å². The lowest BCUT2D eigenvalue weighted by Gasteiger charge is -2.31. The number of carbonyl (C=O) groups is 2. The number of pyridine rings is 1. The third-order valence-electron chi connectivity index (χ3n) is 9.27. The van der Waals surface area contributed by atoms with Crippen LogP contribution in [0, 0.1) is 25.6 Å². The lowest BCUT2D eigenvalue weighted by Crippen LogP contribution is -2.39. The molecule has 2 aliphatic rings. The van der Waals surface area contributed by atoms with Gasteiger partial charge in [0.15, 0.2) is 11.7 Å². The Morgan fingerprint density at radius 2 is 1.66 bits per heavy atom. The largest absolute Gasteiger partial charge is 0.463 e. The molecule has 0 radical (unpaired) electrons. The highest BCUT2D eigenvalue weighted by Crippen LogP contribution is 2.45. The van der Waals surface area contributed by atoms with Crippen LogP contribution in [0.25, 0.3) is 5.57 Å². The number of nitrogens with two attached hydrogens (primary N) is 1. The second-order valence-electron chi connectivity index (χ2n) is 14.1. The fourth-order valence-corrected chi connectivity index (χ4v) is 6.13. The number of aromatic nitrogens is 1. The van der Waals surface area contributed by atoms with E-state index in [0.717, 1.165) is 36.9 Å². The van der Waals surface area contributed by atoms with Gasteiger partial charge in [-0.05, 0) is 124 Å². The van der Waals surface area contributed by atoms with Gasteiger partial charge in [0, 0.05) is 36.0 Å². The maximum atomic E-state index is 15.0. The fraction of sp³-hybridized carbons (Fsp3) is 0.488. The number of rotatable bonds is 14. The average molecular weight is 852 g/mol. The molecule has 1 unspecified atom stereocenters. The number of primary amides is 1. The van der Waals surface area contributed by atoms with E-state index < -0.39 is 70.0 Å². The number of likely N-dealkylation sites (tertiary alicyclic amines) is 1. The zero-order valence-electron chi connectivity index (χ0n) is 33.2. The van der Waals surface area contributed by atoms with E-state index in [4.69, 9.17) is 5.73 Å². The minimum absolute atomic E-state index is 0.00143. The molecule has 1 saturated heterocycles. The number of benzene rings is 1. The molecule has 1 aromatic heterocycles. The van der Waals surface area contributed by atoms with Crippen LogP contribution in [0.15, 0.2) is 65.2 Å². The first-order chi connectivity index (χ1) is 27.0. The lowest BCUT2D eigenvalue weighted by atomic mass is 9.89. The number of halogens is 9. The van der Waals surface area contributed by atoms with Crippen LogP contribution in [0.5, 0.6) is 0 Å². The van der Waals surface area contributed by atoms with E-state index in [1.54, 1.807) is 6.26 Å². The summed E-state index contributed by atoms with van der Waals surface area (Å²) in [5.41, 5.74) is 1.76. The molecular weight excluding hydrogens is 802 g/mol. The fourth-order valence-electron chi connectivity index (χ4n) is 6.13. The monoisotopic (exact) mass is 851 g/mol. The Morgan fingerprint density at radius 3 is 2.12 bits per heavy atom.